The van der Waals surface area contributed by atoms with Crippen LogP contribution < -0.4 is 10.6 Å². The summed E-state index contributed by atoms with van der Waals surface area (Å²) in [6.07, 6.45) is 6.25. The molecule has 0 aliphatic rings. The van der Waals surface area contributed by atoms with Crippen LogP contribution in [-0.4, -0.2) is 26.1 Å². The van der Waals surface area contributed by atoms with Gasteiger partial charge in [-0.2, -0.15) is 0 Å². The van der Waals surface area contributed by atoms with Gasteiger partial charge in [0.2, 0.25) is 0 Å². The molecule has 0 heterocycles. The second-order valence-electron chi connectivity index (χ2n) is 5.03. The second-order valence-corrected chi connectivity index (χ2v) is 5.03. The molecule has 0 aliphatic heterocycles. The van der Waals surface area contributed by atoms with Crippen LogP contribution in [0.5, 0.6) is 0 Å². The van der Waals surface area contributed by atoms with Crippen molar-refractivity contribution in [3.8, 4) is 0 Å². The van der Waals surface area contributed by atoms with Gasteiger partial charge in [-0.1, -0.05) is 41.5 Å². The highest BCUT2D eigenvalue weighted by molar-refractivity contribution is 14.0. The molecular weight excluding hydrogens is 373 g/mol. The lowest BCUT2D eigenvalue weighted by Gasteiger charge is -2.11. The Balaban J connectivity index is 0.00000400. The predicted octanol–water partition coefficient (Wildman–Crippen LogP) is 3.60. The minimum absolute atomic E-state index is 0. The highest BCUT2D eigenvalue weighted by atomic mass is 127. The molecule has 0 atom stereocenters. The Bertz CT molecular complexity index is 447. The van der Waals surface area contributed by atoms with E-state index in [9.17, 15) is 0 Å². The van der Waals surface area contributed by atoms with Gasteiger partial charge in [-0.05, 0) is 39.2 Å². The molecule has 118 valence electrons. The average Bonchev–Trinajstić information content (AvgIpc) is 2.40. The Morgan fingerprint density at radius 3 is 2.29 bits per heavy atom. The van der Waals surface area contributed by atoms with Gasteiger partial charge in [0.25, 0.3) is 0 Å². The van der Waals surface area contributed by atoms with Crippen molar-refractivity contribution in [1.82, 2.24) is 10.6 Å². The van der Waals surface area contributed by atoms with Crippen molar-refractivity contribution in [2.45, 2.75) is 33.6 Å². The topological polar surface area (TPSA) is 36.4 Å². The summed E-state index contributed by atoms with van der Waals surface area (Å²) < 4.78 is 0. The molecule has 0 bridgehead atoms. The second kappa shape index (κ2) is 11.6. The molecule has 0 radical (unpaired) electrons. The van der Waals surface area contributed by atoms with Gasteiger partial charge in [-0.3, -0.25) is 4.99 Å². The molecule has 1 aromatic carbocycles. The summed E-state index contributed by atoms with van der Waals surface area (Å²) in [5.41, 5.74) is 4.03. The highest BCUT2D eigenvalue weighted by Crippen LogP contribution is 2.08. The number of aliphatic imine (C=N–C) groups is 1. The molecule has 0 unspecified atom stereocenters. The van der Waals surface area contributed by atoms with E-state index in [0.717, 1.165) is 31.9 Å². The first-order valence-electron chi connectivity index (χ1n) is 7.28. The molecule has 0 spiro atoms. The van der Waals surface area contributed by atoms with Crippen LogP contribution >= 0.6 is 24.0 Å². The molecule has 0 saturated heterocycles. The minimum atomic E-state index is 0. The molecule has 1 rings (SSSR count). The van der Waals surface area contributed by atoms with Crippen LogP contribution in [0.3, 0.4) is 0 Å². The van der Waals surface area contributed by atoms with E-state index < -0.39 is 0 Å². The van der Waals surface area contributed by atoms with Crippen LogP contribution in [0.1, 0.15) is 30.0 Å². The Kier molecular flexibility index (Phi) is 11.0. The zero-order valence-electron chi connectivity index (χ0n) is 13.6. The summed E-state index contributed by atoms with van der Waals surface area (Å²) in [7, 11) is 1.81. The van der Waals surface area contributed by atoms with E-state index in [0.29, 0.717) is 0 Å². The molecule has 0 aliphatic carbocycles. The first-order valence-corrected chi connectivity index (χ1v) is 7.28. The summed E-state index contributed by atoms with van der Waals surface area (Å²) in [6, 6.07) is 6.70. The lowest BCUT2D eigenvalue weighted by molar-refractivity contribution is 0.791. The minimum Gasteiger partial charge on any atom is -0.356 e. The molecule has 0 fully saturated rings. The number of benzene rings is 1. The zero-order valence-corrected chi connectivity index (χ0v) is 15.9. The van der Waals surface area contributed by atoms with Gasteiger partial charge < -0.3 is 10.6 Å². The SMILES string of the molecule is C/C=C/CCNC(=NC)NCCc1cc(C)cc(C)c1.I. The summed E-state index contributed by atoms with van der Waals surface area (Å²) in [5, 5.41) is 6.65. The van der Waals surface area contributed by atoms with Crippen molar-refractivity contribution in [1.29, 1.82) is 0 Å². The van der Waals surface area contributed by atoms with Crippen LogP contribution in [0.15, 0.2) is 35.3 Å². The first kappa shape index (κ1) is 20.0. The Morgan fingerprint density at radius 1 is 1.10 bits per heavy atom. The lowest BCUT2D eigenvalue weighted by atomic mass is 10.1. The number of rotatable bonds is 6. The molecule has 0 amide bonds. The van der Waals surface area contributed by atoms with Crippen LogP contribution in [0.2, 0.25) is 0 Å². The van der Waals surface area contributed by atoms with Crippen LogP contribution in [-0.2, 0) is 6.42 Å². The van der Waals surface area contributed by atoms with Gasteiger partial charge >= 0.3 is 0 Å². The molecule has 1 aromatic rings. The number of aryl methyl sites for hydroxylation is 2. The molecular formula is C17H28IN3. The van der Waals surface area contributed by atoms with E-state index in [4.69, 9.17) is 0 Å². The Hall–Kier alpha value is -1.04. The number of halogens is 1. The van der Waals surface area contributed by atoms with E-state index in [2.05, 4.69) is 59.8 Å². The van der Waals surface area contributed by atoms with Gasteiger partial charge in [0, 0.05) is 20.1 Å². The maximum absolute atomic E-state index is 4.22. The van der Waals surface area contributed by atoms with E-state index in [-0.39, 0.29) is 24.0 Å². The van der Waals surface area contributed by atoms with Crippen molar-refractivity contribution in [3.63, 3.8) is 0 Å². The predicted molar refractivity (Wildman–Crippen MR) is 104 cm³/mol. The third kappa shape index (κ3) is 8.75. The van der Waals surface area contributed by atoms with Crippen molar-refractivity contribution in [2.24, 2.45) is 4.99 Å². The number of nitrogens with one attached hydrogen (secondary N) is 2. The molecule has 4 heteroatoms. The van der Waals surface area contributed by atoms with Crippen molar-refractivity contribution in [3.05, 3.63) is 47.0 Å². The van der Waals surface area contributed by atoms with Gasteiger partial charge in [0.05, 0.1) is 0 Å². The fraction of sp³-hybridized carbons (Fsp3) is 0.471. The normalized spacial score (nSPS) is 11.3. The smallest absolute Gasteiger partial charge is 0.190 e. The number of guanidine groups is 1. The van der Waals surface area contributed by atoms with E-state index >= 15 is 0 Å². The van der Waals surface area contributed by atoms with Crippen LogP contribution in [0, 0.1) is 13.8 Å². The first-order chi connectivity index (χ1) is 9.65. The maximum Gasteiger partial charge on any atom is 0.190 e. The summed E-state index contributed by atoms with van der Waals surface area (Å²) in [5.74, 6) is 0.874. The summed E-state index contributed by atoms with van der Waals surface area (Å²) in [4.78, 5) is 4.22. The molecule has 3 nitrogen and oxygen atoms in total. The van der Waals surface area contributed by atoms with E-state index in [1.165, 1.54) is 16.7 Å². The number of hydrogen-bond acceptors (Lipinski definition) is 1. The van der Waals surface area contributed by atoms with Crippen LogP contribution in [0.25, 0.3) is 0 Å². The monoisotopic (exact) mass is 401 g/mol. The Labute approximate surface area is 146 Å². The Morgan fingerprint density at radius 2 is 1.71 bits per heavy atom. The van der Waals surface area contributed by atoms with Crippen molar-refractivity contribution >= 4 is 29.9 Å². The van der Waals surface area contributed by atoms with E-state index in [1.54, 1.807) is 0 Å². The van der Waals surface area contributed by atoms with Crippen molar-refractivity contribution < 1.29 is 0 Å². The molecule has 0 saturated carbocycles. The quantitative estimate of drug-likeness (QED) is 0.251. The lowest BCUT2D eigenvalue weighted by Crippen LogP contribution is -2.38. The molecule has 21 heavy (non-hydrogen) atoms. The van der Waals surface area contributed by atoms with Crippen LogP contribution in [0.4, 0.5) is 0 Å². The van der Waals surface area contributed by atoms with Gasteiger partial charge in [0.1, 0.15) is 0 Å². The molecule has 0 aromatic heterocycles. The average molecular weight is 401 g/mol. The summed E-state index contributed by atoms with van der Waals surface area (Å²) in [6.45, 7) is 8.13. The highest BCUT2D eigenvalue weighted by Gasteiger charge is 1.98. The standard InChI is InChI=1S/C17H27N3.HI/c1-5-6-7-9-19-17(18-4)20-10-8-16-12-14(2)11-15(3)13-16;/h5-6,11-13H,7-10H2,1-4H3,(H2,18,19,20);1H/b6-5+;. The molecule has 2 N–H and O–H groups in total. The number of hydrogen-bond donors (Lipinski definition) is 2. The summed E-state index contributed by atoms with van der Waals surface area (Å²) >= 11 is 0. The van der Waals surface area contributed by atoms with Crippen molar-refractivity contribution in [2.75, 3.05) is 20.1 Å². The fourth-order valence-corrected chi connectivity index (χ4v) is 2.20. The third-order valence-corrected chi connectivity index (χ3v) is 3.05. The number of allylic oxidation sites excluding steroid dienone is 1. The third-order valence-electron chi connectivity index (χ3n) is 3.05. The largest absolute Gasteiger partial charge is 0.356 e. The van der Waals surface area contributed by atoms with Gasteiger partial charge in [-0.15, -0.1) is 24.0 Å². The fourth-order valence-electron chi connectivity index (χ4n) is 2.20. The van der Waals surface area contributed by atoms with Gasteiger partial charge in [0.15, 0.2) is 5.96 Å². The van der Waals surface area contributed by atoms with Gasteiger partial charge in [-0.25, -0.2) is 0 Å². The maximum atomic E-state index is 4.22. The number of nitrogens with zero attached hydrogens (tertiary/aromatic N) is 1. The zero-order chi connectivity index (χ0) is 14.8. The van der Waals surface area contributed by atoms with E-state index in [1.807, 2.05) is 14.0 Å².